The van der Waals surface area contributed by atoms with Crippen molar-refractivity contribution in [3.05, 3.63) is 119 Å². The molecule has 2 heterocycles. The second kappa shape index (κ2) is 16.2. The summed E-state index contributed by atoms with van der Waals surface area (Å²) < 4.78 is 78.0. The predicted molar refractivity (Wildman–Crippen MR) is 167 cm³/mol. The molecule has 1 aromatic heterocycles. The number of benzene rings is 3. The number of pyridine rings is 1. The van der Waals surface area contributed by atoms with Crippen LogP contribution in [0.25, 0.3) is 0 Å². The van der Waals surface area contributed by atoms with Crippen molar-refractivity contribution in [3.8, 4) is 11.9 Å². The van der Waals surface area contributed by atoms with Crippen LogP contribution in [0.15, 0.2) is 94.7 Å². The van der Waals surface area contributed by atoms with Crippen molar-refractivity contribution in [3.63, 3.8) is 0 Å². The van der Waals surface area contributed by atoms with Gasteiger partial charge in [0.05, 0.1) is 21.4 Å². The summed E-state index contributed by atoms with van der Waals surface area (Å²) in [5.74, 6) is 0.575. The number of halogens is 1. The van der Waals surface area contributed by atoms with Gasteiger partial charge in [-0.05, 0) is 82.2 Å². The van der Waals surface area contributed by atoms with Crippen LogP contribution in [-0.4, -0.2) is 44.0 Å². The standard InChI is InChI=1S/C18H18FN3O.2C7H8O3S/c19-16-5-4-14(15(10-16)11-20)12-23-18-3-1-2-17(22-18)13-6-8-21-9-7-13;2*1-6-2-4-7(5-3-6)11(8,9)10/h1-5,10,13,21H,6-9,12H2;2*2-5H,1H3,(H,8,9,10). The number of piperidine rings is 1. The lowest BCUT2D eigenvalue weighted by molar-refractivity contribution is 0.291. The smallest absolute Gasteiger partial charge is 0.294 e. The third-order valence-corrected chi connectivity index (χ3v) is 8.44. The number of hydrogen-bond acceptors (Lipinski definition) is 8. The lowest BCUT2D eigenvalue weighted by Gasteiger charge is -2.22. The number of nitrogens with zero attached hydrogens (tertiary/aromatic N) is 2. The summed E-state index contributed by atoms with van der Waals surface area (Å²) >= 11 is 0. The van der Waals surface area contributed by atoms with Crippen LogP contribution in [0.2, 0.25) is 0 Å². The van der Waals surface area contributed by atoms with E-state index in [1.165, 1.54) is 36.4 Å². The van der Waals surface area contributed by atoms with E-state index >= 15 is 0 Å². The van der Waals surface area contributed by atoms with Gasteiger partial charge in [-0.15, -0.1) is 0 Å². The highest BCUT2D eigenvalue weighted by atomic mass is 32.2. The molecule has 0 amide bonds. The van der Waals surface area contributed by atoms with Gasteiger partial charge >= 0.3 is 0 Å². The number of hydrogen-bond donors (Lipinski definition) is 3. The minimum atomic E-state index is -4.02. The summed E-state index contributed by atoms with van der Waals surface area (Å²) in [6, 6.07) is 23.9. The zero-order valence-electron chi connectivity index (χ0n) is 24.7. The number of nitriles is 1. The highest BCUT2D eigenvalue weighted by molar-refractivity contribution is 7.86. The van der Waals surface area contributed by atoms with Crippen molar-refractivity contribution in [2.24, 2.45) is 0 Å². The van der Waals surface area contributed by atoms with Gasteiger partial charge in [0.2, 0.25) is 5.88 Å². The molecule has 238 valence electrons. The summed E-state index contributed by atoms with van der Waals surface area (Å²) in [6.45, 7) is 5.91. The summed E-state index contributed by atoms with van der Waals surface area (Å²) in [5, 5.41) is 12.4. The average molecular weight is 656 g/mol. The molecule has 1 saturated heterocycles. The van der Waals surface area contributed by atoms with Crippen molar-refractivity contribution < 1.29 is 35.1 Å². The fourth-order valence-electron chi connectivity index (χ4n) is 4.21. The van der Waals surface area contributed by atoms with Gasteiger partial charge in [-0.3, -0.25) is 9.11 Å². The van der Waals surface area contributed by atoms with E-state index < -0.39 is 26.1 Å². The summed E-state index contributed by atoms with van der Waals surface area (Å²) in [4.78, 5) is 4.44. The Morgan fingerprint density at radius 3 is 1.89 bits per heavy atom. The average Bonchev–Trinajstić information content (AvgIpc) is 3.01. The Kier molecular flexibility index (Phi) is 12.7. The maximum Gasteiger partial charge on any atom is 0.294 e. The summed E-state index contributed by atoms with van der Waals surface area (Å²) in [6.07, 6.45) is 2.15. The molecule has 0 saturated carbocycles. The second-order valence-corrected chi connectivity index (χ2v) is 13.0. The number of ether oxygens (including phenoxy) is 1. The van der Waals surface area contributed by atoms with E-state index in [0.717, 1.165) is 42.8 Å². The molecule has 0 spiro atoms. The number of rotatable bonds is 6. The monoisotopic (exact) mass is 655 g/mol. The van der Waals surface area contributed by atoms with Crippen LogP contribution in [0.4, 0.5) is 4.39 Å². The molecule has 0 atom stereocenters. The number of nitrogens with one attached hydrogen (secondary N) is 1. The van der Waals surface area contributed by atoms with Crippen molar-refractivity contribution in [2.75, 3.05) is 13.1 Å². The van der Waals surface area contributed by atoms with Gasteiger partial charge in [0.1, 0.15) is 12.4 Å². The van der Waals surface area contributed by atoms with Crippen molar-refractivity contribution in [2.45, 2.75) is 49.0 Å². The molecule has 4 aromatic rings. The molecular formula is C32H34FN3O7S2. The quantitative estimate of drug-likeness (QED) is 0.222. The Morgan fingerprint density at radius 2 is 1.40 bits per heavy atom. The van der Waals surface area contributed by atoms with Gasteiger partial charge in [0.25, 0.3) is 20.2 Å². The Bertz CT molecular complexity index is 1750. The molecule has 3 aromatic carbocycles. The zero-order valence-corrected chi connectivity index (χ0v) is 26.4. The Balaban J connectivity index is 0.000000210. The third kappa shape index (κ3) is 11.7. The van der Waals surface area contributed by atoms with E-state index in [2.05, 4.69) is 10.3 Å². The lowest BCUT2D eigenvalue weighted by atomic mass is 9.94. The van der Waals surface area contributed by atoms with Crippen molar-refractivity contribution >= 4 is 20.2 Å². The van der Waals surface area contributed by atoms with Crippen molar-refractivity contribution in [1.29, 1.82) is 5.26 Å². The lowest BCUT2D eigenvalue weighted by Crippen LogP contribution is -2.27. The largest absolute Gasteiger partial charge is 0.473 e. The van der Waals surface area contributed by atoms with E-state index in [1.807, 2.05) is 32.0 Å². The summed E-state index contributed by atoms with van der Waals surface area (Å²) in [7, 11) is -8.04. The minimum absolute atomic E-state index is 0.0666. The van der Waals surface area contributed by atoms with Gasteiger partial charge in [0, 0.05) is 23.2 Å². The number of aryl methyl sites for hydroxylation is 2. The van der Waals surface area contributed by atoms with E-state index in [0.29, 0.717) is 22.9 Å². The predicted octanol–water partition coefficient (Wildman–Crippen LogP) is 5.62. The maximum absolute atomic E-state index is 13.1. The van der Waals surface area contributed by atoms with Gasteiger partial charge < -0.3 is 10.1 Å². The molecule has 0 radical (unpaired) electrons. The first-order valence-corrected chi connectivity index (χ1v) is 16.7. The van der Waals surface area contributed by atoms with Gasteiger partial charge in [-0.2, -0.15) is 22.1 Å². The Labute approximate surface area is 263 Å². The molecule has 10 nitrogen and oxygen atoms in total. The van der Waals surface area contributed by atoms with E-state index in [9.17, 15) is 21.2 Å². The van der Waals surface area contributed by atoms with Crippen LogP contribution in [0, 0.1) is 31.0 Å². The highest BCUT2D eigenvalue weighted by Crippen LogP contribution is 2.25. The zero-order chi connectivity index (χ0) is 33.0. The molecule has 5 rings (SSSR count). The third-order valence-electron chi connectivity index (χ3n) is 6.71. The van der Waals surface area contributed by atoms with Crippen LogP contribution in [0.3, 0.4) is 0 Å². The fraction of sp³-hybridized carbons (Fsp3) is 0.250. The van der Waals surface area contributed by atoms with E-state index in [4.69, 9.17) is 19.1 Å². The highest BCUT2D eigenvalue weighted by Gasteiger charge is 2.17. The van der Waals surface area contributed by atoms with Gasteiger partial charge in [-0.1, -0.05) is 47.5 Å². The molecule has 0 aliphatic carbocycles. The second-order valence-electron chi connectivity index (χ2n) is 10.2. The van der Waals surface area contributed by atoms with E-state index in [-0.39, 0.29) is 16.4 Å². The molecule has 1 aliphatic heterocycles. The van der Waals surface area contributed by atoms with Crippen LogP contribution in [0.1, 0.15) is 46.7 Å². The van der Waals surface area contributed by atoms with E-state index in [1.54, 1.807) is 36.4 Å². The molecule has 45 heavy (non-hydrogen) atoms. The molecule has 0 unspecified atom stereocenters. The van der Waals surface area contributed by atoms with Gasteiger partial charge in [-0.25, -0.2) is 9.37 Å². The normalized spacial score (nSPS) is 13.3. The molecule has 1 fully saturated rings. The first-order valence-electron chi connectivity index (χ1n) is 13.8. The summed E-state index contributed by atoms with van der Waals surface area (Å²) in [5.41, 5.74) is 3.90. The van der Waals surface area contributed by atoms with Crippen molar-refractivity contribution in [1.82, 2.24) is 10.3 Å². The molecule has 3 N–H and O–H groups in total. The molecule has 1 aliphatic rings. The number of aromatic nitrogens is 1. The Hall–Kier alpha value is -4.19. The first-order chi connectivity index (χ1) is 21.3. The topological polar surface area (TPSA) is 167 Å². The van der Waals surface area contributed by atoms with Crippen LogP contribution >= 0.6 is 0 Å². The maximum atomic E-state index is 13.1. The molecule has 13 heteroatoms. The Morgan fingerprint density at radius 1 is 0.867 bits per heavy atom. The fourth-order valence-corrected chi connectivity index (χ4v) is 5.17. The van der Waals surface area contributed by atoms with Crippen LogP contribution in [-0.2, 0) is 26.8 Å². The first kappa shape index (κ1) is 35.3. The SMILES string of the molecule is Cc1ccc(S(=O)(=O)O)cc1.Cc1ccc(S(=O)(=O)O)cc1.N#Cc1cc(F)ccc1COc1cccc(C2CCNCC2)n1. The minimum Gasteiger partial charge on any atom is -0.473 e. The van der Waals surface area contributed by atoms with Gasteiger partial charge in [0.15, 0.2) is 0 Å². The van der Waals surface area contributed by atoms with Crippen LogP contribution < -0.4 is 10.1 Å². The molecule has 0 bridgehead atoms. The molecular weight excluding hydrogens is 621 g/mol. The van der Waals surface area contributed by atoms with Crippen LogP contribution in [0.5, 0.6) is 5.88 Å².